The van der Waals surface area contributed by atoms with Crippen LogP contribution in [0.2, 0.25) is 0 Å². The molecule has 2 aliphatic rings. The van der Waals surface area contributed by atoms with Gasteiger partial charge in [0.25, 0.3) is 0 Å². The van der Waals surface area contributed by atoms with E-state index in [0.29, 0.717) is 0 Å². The van der Waals surface area contributed by atoms with E-state index in [4.69, 9.17) is 5.73 Å². The fourth-order valence-corrected chi connectivity index (χ4v) is 3.66. The lowest BCUT2D eigenvalue weighted by atomic mass is 10.00. The molecular formula is C18H27N3O. The van der Waals surface area contributed by atoms with Gasteiger partial charge in [-0.15, -0.1) is 0 Å². The number of hydrogen-bond donors (Lipinski definition) is 2. The molecule has 1 amide bonds. The van der Waals surface area contributed by atoms with Crippen molar-refractivity contribution in [2.24, 2.45) is 11.7 Å². The summed E-state index contributed by atoms with van der Waals surface area (Å²) in [6.07, 6.45) is 4.96. The predicted molar refractivity (Wildman–Crippen MR) is 88.4 cm³/mol. The van der Waals surface area contributed by atoms with Gasteiger partial charge in [0.15, 0.2) is 0 Å². The Labute approximate surface area is 133 Å². The summed E-state index contributed by atoms with van der Waals surface area (Å²) < 4.78 is 0. The van der Waals surface area contributed by atoms with Crippen LogP contribution in [0.5, 0.6) is 0 Å². The highest BCUT2D eigenvalue weighted by atomic mass is 16.1. The Kier molecular flexibility index (Phi) is 5.11. The molecule has 1 aromatic rings. The van der Waals surface area contributed by atoms with Gasteiger partial charge in [-0.05, 0) is 43.2 Å². The van der Waals surface area contributed by atoms with Gasteiger partial charge in [-0.1, -0.05) is 24.3 Å². The lowest BCUT2D eigenvalue weighted by molar-refractivity contribution is -0.124. The Morgan fingerprint density at radius 2 is 2.09 bits per heavy atom. The third kappa shape index (κ3) is 3.87. The number of fused-ring (bicyclic) bond motifs is 1. The third-order valence-electron chi connectivity index (χ3n) is 5.00. The lowest BCUT2D eigenvalue weighted by Gasteiger charge is -2.28. The second kappa shape index (κ2) is 7.25. The summed E-state index contributed by atoms with van der Waals surface area (Å²) in [5, 5.41) is 3.08. The van der Waals surface area contributed by atoms with Gasteiger partial charge < -0.3 is 11.1 Å². The third-order valence-corrected chi connectivity index (χ3v) is 5.00. The fraction of sp³-hybridized carbons (Fsp3) is 0.611. The molecule has 1 saturated carbocycles. The van der Waals surface area contributed by atoms with Gasteiger partial charge in [-0.25, -0.2) is 0 Å². The summed E-state index contributed by atoms with van der Waals surface area (Å²) in [5.74, 6) is 0.355. The molecule has 120 valence electrons. The molecule has 4 heteroatoms. The second-order valence-electron chi connectivity index (χ2n) is 6.71. The van der Waals surface area contributed by atoms with Crippen LogP contribution in [0.1, 0.15) is 36.8 Å². The van der Waals surface area contributed by atoms with E-state index < -0.39 is 0 Å². The van der Waals surface area contributed by atoms with Crippen molar-refractivity contribution in [3.05, 3.63) is 35.4 Å². The zero-order chi connectivity index (χ0) is 15.4. The maximum atomic E-state index is 12.0. The molecule has 1 heterocycles. The largest absolute Gasteiger partial charge is 0.356 e. The topological polar surface area (TPSA) is 58.4 Å². The fourth-order valence-electron chi connectivity index (χ4n) is 3.66. The number of hydrogen-bond acceptors (Lipinski definition) is 3. The van der Waals surface area contributed by atoms with E-state index in [2.05, 4.69) is 34.5 Å². The maximum absolute atomic E-state index is 12.0. The number of carbonyl (C=O) groups excluding carboxylic acids is 1. The first-order valence-electron chi connectivity index (χ1n) is 8.55. The maximum Gasteiger partial charge on any atom is 0.223 e. The minimum atomic E-state index is 0.150. The summed E-state index contributed by atoms with van der Waals surface area (Å²) in [7, 11) is 0. The zero-order valence-electron chi connectivity index (χ0n) is 13.3. The summed E-state index contributed by atoms with van der Waals surface area (Å²) in [6.45, 7) is 4.01. The van der Waals surface area contributed by atoms with Gasteiger partial charge in [0.05, 0.1) is 0 Å². The molecule has 1 fully saturated rings. The van der Waals surface area contributed by atoms with Crippen LogP contribution in [0.3, 0.4) is 0 Å². The molecule has 3 N–H and O–H groups in total. The quantitative estimate of drug-likeness (QED) is 0.814. The molecule has 22 heavy (non-hydrogen) atoms. The zero-order valence-corrected chi connectivity index (χ0v) is 13.3. The van der Waals surface area contributed by atoms with Crippen molar-refractivity contribution in [1.29, 1.82) is 0 Å². The average Bonchev–Trinajstić information content (AvgIpc) is 2.98. The van der Waals surface area contributed by atoms with E-state index in [-0.39, 0.29) is 17.9 Å². The van der Waals surface area contributed by atoms with Crippen molar-refractivity contribution in [3.8, 4) is 0 Å². The molecule has 1 aliphatic carbocycles. The van der Waals surface area contributed by atoms with Crippen LogP contribution in [0, 0.1) is 5.92 Å². The van der Waals surface area contributed by atoms with E-state index in [1.807, 2.05) is 0 Å². The van der Waals surface area contributed by atoms with E-state index >= 15 is 0 Å². The van der Waals surface area contributed by atoms with Gasteiger partial charge in [0.1, 0.15) is 0 Å². The van der Waals surface area contributed by atoms with Gasteiger partial charge in [-0.3, -0.25) is 9.69 Å². The number of rotatable bonds is 5. The molecule has 0 spiro atoms. The highest BCUT2D eigenvalue weighted by molar-refractivity contribution is 5.78. The van der Waals surface area contributed by atoms with Gasteiger partial charge in [0, 0.05) is 38.1 Å². The Bertz CT molecular complexity index is 517. The molecule has 0 radical (unpaired) electrons. The Balaban J connectivity index is 1.35. The molecule has 3 rings (SSSR count). The monoisotopic (exact) mass is 301 g/mol. The molecule has 1 aliphatic heterocycles. The van der Waals surface area contributed by atoms with Gasteiger partial charge in [-0.2, -0.15) is 0 Å². The summed E-state index contributed by atoms with van der Waals surface area (Å²) in [4.78, 5) is 14.5. The predicted octanol–water partition coefficient (Wildman–Crippen LogP) is 1.68. The highest BCUT2D eigenvalue weighted by Gasteiger charge is 2.27. The van der Waals surface area contributed by atoms with E-state index in [0.717, 1.165) is 58.3 Å². The molecule has 4 nitrogen and oxygen atoms in total. The normalized spacial score (nSPS) is 25.0. The van der Waals surface area contributed by atoms with Crippen LogP contribution in [-0.4, -0.2) is 36.5 Å². The van der Waals surface area contributed by atoms with Crippen LogP contribution < -0.4 is 11.1 Å². The first kappa shape index (κ1) is 15.5. The summed E-state index contributed by atoms with van der Waals surface area (Å²) in [6, 6.07) is 8.93. The van der Waals surface area contributed by atoms with Crippen LogP contribution in [0.4, 0.5) is 0 Å². The van der Waals surface area contributed by atoms with Crippen LogP contribution in [0.15, 0.2) is 24.3 Å². The molecule has 0 aromatic heterocycles. The van der Waals surface area contributed by atoms with Crippen molar-refractivity contribution >= 4 is 5.91 Å². The Morgan fingerprint density at radius 1 is 1.27 bits per heavy atom. The second-order valence-corrected chi connectivity index (χ2v) is 6.71. The highest BCUT2D eigenvalue weighted by Crippen LogP contribution is 2.24. The number of nitrogens with two attached hydrogens (primary N) is 1. The number of benzene rings is 1. The van der Waals surface area contributed by atoms with Crippen molar-refractivity contribution in [2.45, 2.75) is 44.7 Å². The molecule has 2 atom stereocenters. The molecule has 1 aromatic carbocycles. The Morgan fingerprint density at radius 3 is 2.86 bits per heavy atom. The van der Waals surface area contributed by atoms with Gasteiger partial charge in [0.2, 0.25) is 5.91 Å². The van der Waals surface area contributed by atoms with Crippen LogP contribution in [-0.2, 0) is 17.8 Å². The van der Waals surface area contributed by atoms with Crippen LogP contribution in [0.25, 0.3) is 0 Å². The number of nitrogens with one attached hydrogen (secondary N) is 1. The van der Waals surface area contributed by atoms with Crippen LogP contribution >= 0.6 is 0 Å². The summed E-state index contributed by atoms with van der Waals surface area (Å²) in [5.41, 5.74) is 8.81. The standard InChI is InChI=1S/C18H27N3O/c19-17-7-6-15(12-17)18(22)20-9-3-10-21-11-8-14-4-1-2-5-16(14)13-21/h1-2,4-5,15,17H,3,6-13,19H2,(H,20,22). The van der Waals surface area contributed by atoms with E-state index in [1.165, 1.54) is 11.1 Å². The van der Waals surface area contributed by atoms with Crippen molar-refractivity contribution < 1.29 is 4.79 Å². The van der Waals surface area contributed by atoms with Crippen molar-refractivity contribution in [1.82, 2.24) is 10.2 Å². The SMILES string of the molecule is NC1CCC(C(=O)NCCCN2CCc3ccccc3C2)C1. The number of carbonyl (C=O) groups is 1. The minimum Gasteiger partial charge on any atom is -0.356 e. The molecule has 2 unspecified atom stereocenters. The minimum absolute atomic E-state index is 0.150. The molecule has 0 saturated heterocycles. The van der Waals surface area contributed by atoms with E-state index in [9.17, 15) is 4.79 Å². The van der Waals surface area contributed by atoms with E-state index in [1.54, 1.807) is 0 Å². The average molecular weight is 301 g/mol. The first-order chi connectivity index (χ1) is 10.7. The Hall–Kier alpha value is -1.39. The lowest BCUT2D eigenvalue weighted by Crippen LogP contribution is -2.35. The molecule has 0 bridgehead atoms. The van der Waals surface area contributed by atoms with Crippen molar-refractivity contribution in [2.75, 3.05) is 19.6 Å². The van der Waals surface area contributed by atoms with Gasteiger partial charge >= 0.3 is 0 Å². The summed E-state index contributed by atoms with van der Waals surface area (Å²) >= 11 is 0. The first-order valence-corrected chi connectivity index (χ1v) is 8.55. The molecular weight excluding hydrogens is 274 g/mol. The van der Waals surface area contributed by atoms with Crippen molar-refractivity contribution in [3.63, 3.8) is 0 Å². The smallest absolute Gasteiger partial charge is 0.223 e. The number of amides is 1. The number of nitrogens with zero attached hydrogens (tertiary/aromatic N) is 1.